The molecule has 4 rings (SSSR count). The van der Waals surface area contributed by atoms with Gasteiger partial charge in [-0.15, -0.1) is 0 Å². The Morgan fingerprint density at radius 1 is 1.34 bits per heavy atom. The number of carbonyl (C=O) groups is 2. The number of halogens is 2. The van der Waals surface area contributed by atoms with Crippen LogP contribution in [0.15, 0.2) is 39.7 Å². The zero-order valence-electron chi connectivity index (χ0n) is 17.7. The van der Waals surface area contributed by atoms with E-state index in [0.717, 1.165) is 25.0 Å². The molecule has 0 spiro atoms. The molecule has 1 aromatic rings. The van der Waals surface area contributed by atoms with Crippen molar-refractivity contribution >= 4 is 69.5 Å². The molecule has 0 unspecified atom stereocenters. The largest absolute Gasteiger partial charge is 0.426 e. The van der Waals surface area contributed by atoms with Crippen LogP contribution in [0.1, 0.15) is 32.3 Å². The minimum atomic E-state index is -0.311. The second-order valence-corrected chi connectivity index (χ2v) is 11.4. The average molecular weight is 512 g/mol. The number of hydrogen-bond donors (Lipinski definition) is 0. The molecule has 0 N–H and O–H groups in total. The van der Waals surface area contributed by atoms with Gasteiger partial charge in [0.1, 0.15) is 14.6 Å². The van der Waals surface area contributed by atoms with Gasteiger partial charge in [0.25, 0.3) is 5.91 Å². The third kappa shape index (κ3) is 5.07. The summed E-state index contributed by atoms with van der Waals surface area (Å²) in [7, 11) is 0. The fourth-order valence-corrected chi connectivity index (χ4v) is 5.73. The molecule has 1 amide bonds. The summed E-state index contributed by atoms with van der Waals surface area (Å²) in [5.41, 5.74) is 0.577. The van der Waals surface area contributed by atoms with Crippen molar-refractivity contribution in [1.29, 1.82) is 0 Å². The van der Waals surface area contributed by atoms with Crippen LogP contribution in [0.5, 0.6) is 5.75 Å². The molecule has 32 heavy (non-hydrogen) atoms. The first-order valence-electron chi connectivity index (χ1n) is 10.4. The van der Waals surface area contributed by atoms with E-state index in [2.05, 4.69) is 0 Å². The van der Waals surface area contributed by atoms with E-state index >= 15 is 0 Å². The molecule has 0 bridgehead atoms. The number of ether oxygens (including phenoxy) is 2. The molecule has 5 nitrogen and oxygen atoms in total. The molecule has 3 fully saturated rings. The monoisotopic (exact) mass is 511 g/mol. The van der Waals surface area contributed by atoms with E-state index in [0.29, 0.717) is 21.5 Å². The van der Waals surface area contributed by atoms with Crippen LogP contribution in [0.3, 0.4) is 0 Å². The summed E-state index contributed by atoms with van der Waals surface area (Å²) in [5, 5.41) is 0. The van der Waals surface area contributed by atoms with Crippen LogP contribution in [0.2, 0.25) is 0 Å². The summed E-state index contributed by atoms with van der Waals surface area (Å²) >= 11 is 18.2. The Kier molecular flexibility index (Phi) is 7.03. The molecule has 9 heteroatoms. The van der Waals surface area contributed by atoms with Crippen LogP contribution >= 0.6 is 47.2 Å². The Labute approximate surface area is 207 Å². The van der Waals surface area contributed by atoms with Gasteiger partial charge >= 0.3 is 5.97 Å². The average Bonchev–Trinajstić information content (AvgIpc) is 3.07. The predicted molar refractivity (Wildman–Crippen MR) is 131 cm³/mol. The number of benzene rings is 1. The predicted octanol–water partition coefficient (Wildman–Crippen LogP) is 5.56. The Hall–Kier alpha value is -1.38. The first kappa shape index (κ1) is 23.8. The van der Waals surface area contributed by atoms with Crippen molar-refractivity contribution < 1.29 is 19.1 Å². The molecular formula is C23H23Cl2NO4S2. The van der Waals surface area contributed by atoms with E-state index < -0.39 is 0 Å². The third-order valence-corrected chi connectivity index (χ3v) is 7.78. The SMILES string of the molecule is CC1(C)[C@H](C(=O)Oc2ccc(/C=C3\SC(=S)N(C[C@@H]4CCCO4)C3=O)cc2)[C@@H]1C=C(Cl)Cl. The van der Waals surface area contributed by atoms with Gasteiger partial charge in [-0.2, -0.15) is 0 Å². The zero-order chi connectivity index (χ0) is 23.0. The second-order valence-electron chi connectivity index (χ2n) is 8.70. The molecule has 0 aromatic heterocycles. The standard InChI is InChI=1S/C23H23Cl2NO4S2/c1-23(2)16(11-18(24)25)19(23)21(28)30-14-7-5-13(6-8-14)10-17-20(27)26(22(31)32-17)12-15-4-3-9-29-15/h5-8,10-11,15-16,19H,3-4,9,12H2,1-2H3/b17-10-/t15-,16-,19-/m0/s1. The Morgan fingerprint density at radius 3 is 2.69 bits per heavy atom. The molecular weight excluding hydrogens is 489 g/mol. The number of amides is 1. The summed E-state index contributed by atoms with van der Waals surface area (Å²) in [6.07, 6.45) is 5.51. The van der Waals surface area contributed by atoms with Gasteiger partial charge in [-0.05, 0) is 54.0 Å². The van der Waals surface area contributed by atoms with Crippen LogP contribution in [-0.2, 0) is 14.3 Å². The van der Waals surface area contributed by atoms with Crippen molar-refractivity contribution in [2.75, 3.05) is 13.2 Å². The van der Waals surface area contributed by atoms with E-state index in [1.54, 1.807) is 41.3 Å². The van der Waals surface area contributed by atoms with Crippen molar-refractivity contribution in [3.63, 3.8) is 0 Å². The number of thioether (sulfide) groups is 1. The maximum atomic E-state index is 12.8. The molecule has 1 saturated carbocycles. The first-order chi connectivity index (χ1) is 15.2. The van der Waals surface area contributed by atoms with E-state index in [9.17, 15) is 9.59 Å². The Morgan fingerprint density at radius 2 is 2.06 bits per heavy atom. The minimum Gasteiger partial charge on any atom is -0.426 e. The molecule has 2 aliphatic heterocycles. The highest BCUT2D eigenvalue weighted by molar-refractivity contribution is 8.26. The van der Waals surface area contributed by atoms with Crippen LogP contribution in [0.25, 0.3) is 6.08 Å². The van der Waals surface area contributed by atoms with Crippen LogP contribution in [-0.4, -0.2) is 40.4 Å². The topological polar surface area (TPSA) is 55.8 Å². The van der Waals surface area contributed by atoms with Crippen LogP contribution < -0.4 is 4.74 Å². The highest BCUT2D eigenvalue weighted by Gasteiger charge is 2.61. The van der Waals surface area contributed by atoms with Gasteiger partial charge in [-0.3, -0.25) is 14.5 Å². The molecule has 3 aliphatic rings. The first-order valence-corrected chi connectivity index (χ1v) is 12.4. The molecule has 0 radical (unpaired) electrons. The van der Waals surface area contributed by atoms with Gasteiger partial charge in [0.2, 0.25) is 0 Å². The summed E-state index contributed by atoms with van der Waals surface area (Å²) in [6, 6.07) is 7.04. The van der Waals surface area contributed by atoms with Crippen molar-refractivity contribution in [3.05, 3.63) is 45.3 Å². The molecule has 3 atom stereocenters. The summed E-state index contributed by atoms with van der Waals surface area (Å²) in [4.78, 5) is 27.5. The van der Waals surface area contributed by atoms with Gasteiger partial charge < -0.3 is 9.47 Å². The molecule has 170 valence electrons. The highest BCUT2D eigenvalue weighted by atomic mass is 35.5. The number of thiocarbonyl (C=S) groups is 1. The maximum absolute atomic E-state index is 12.8. The molecule has 2 saturated heterocycles. The minimum absolute atomic E-state index is 0.0455. The van der Waals surface area contributed by atoms with E-state index in [1.807, 2.05) is 13.8 Å². The van der Waals surface area contributed by atoms with Gasteiger partial charge in [-0.1, -0.05) is 73.2 Å². The lowest BCUT2D eigenvalue weighted by atomic mass is 10.1. The maximum Gasteiger partial charge on any atom is 0.315 e. The summed E-state index contributed by atoms with van der Waals surface area (Å²) in [6.45, 7) is 5.20. The fraction of sp³-hybridized carbons (Fsp3) is 0.435. The second kappa shape index (κ2) is 9.47. The molecule has 1 aliphatic carbocycles. The third-order valence-electron chi connectivity index (χ3n) is 6.15. The number of hydrogen-bond acceptors (Lipinski definition) is 6. The number of esters is 1. The fourth-order valence-electron chi connectivity index (χ4n) is 4.19. The van der Waals surface area contributed by atoms with Crippen LogP contribution in [0, 0.1) is 17.3 Å². The smallest absolute Gasteiger partial charge is 0.315 e. The summed E-state index contributed by atoms with van der Waals surface area (Å²) in [5.74, 6) is -0.302. The van der Waals surface area contributed by atoms with Crippen molar-refractivity contribution in [1.82, 2.24) is 4.90 Å². The zero-order valence-corrected chi connectivity index (χ0v) is 20.8. The lowest BCUT2D eigenvalue weighted by molar-refractivity contribution is -0.136. The Bertz CT molecular complexity index is 996. The molecule has 1 aromatic carbocycles. The van der Waals surface area contributed by atoms with Crippen molar-refractivity contribution in [3.8, 4) is 5.75 Å². The number of allylic oxidation sites excluding steroid dienone is 1. The number of carbonyl (C=O) groups excluding carboxylic acids is 2. The Balaban J connectivity index is 1.38. The van der Waals surface area contributed by atoms with E-state index in [1.165, 1.54) is 11.8 Å². The molecule has 2 heterocycles. The number of rotatable bonds is 6. The lowest BCUT2D eigenvalue weighted by Gasteiger charge is -2.18. The van der Waals surface area contributed by atoms with Crippen LogP contribution in [0.4, 0.5) is 0 Å². The van der Waals surface area contributed by atoms with Gasteiger partial charge in [0.05, 0.1) is 23.5 Å². The van der Waals surface area contributed by atoms with Crippen molar-refractivity contribution in [2.45, 2.75) is 32.8 Å². The van der Waals surface area contributed by atoms with Gasteiger partial charge in [0, 0.05) is 6.61 Å². The van der Waals surface area contributed by atoms with Gasteiger partial charge in [-0.25, -0.2) is 0 Å². The summed E-state index contributed by atoms with van der Waals surface area (Å²) < 4.78 is 11.9. The van der Waals surface area contributed by atoms with E-state index in [4.69, 9.17) is 44.9 Å². The quantitative estimate of drug-likeness (QED) is 0.215. The van der Waals surface area contributed by atoms with E-state index in [-0.39, 0.29) is 39.7 Å². The number of nitrogens with zero attached hydrogens (tertiary/aromatic N) is 1. The highest BCUT2D eigenvalue weighted by Crippen LogP contribution is 2.60. The van der Waals surface area contributed by atoms with Crippen molar-refractivity contribution in [2.24, 2.45) is 17.3 Å². The normalized spacial score (nSPS) is 27.7. The lowest BCUT2D eigenvalue weighted by Crippen LogP contribution is -2.35. The van der Waals surface area contributed by atoms with Gasteiger partial charge in [0.15, 0.2) is 0 Å².